The number of hydrogen-bond acceptors (Lipinski definition) is 8. The van der Waals surface area contributed by atoms with E-state index in [0.29, 0.717) is 23.6 Å². The van der Waals surface area contributed by atoms with E-state index in [1.807, 2.05) is 85.1 Å². The number of methoxy groups -OCH3 is 2. The fourth-order valence-corrected chi connectivity index (χ4v) is 7.79. The molecule has 0 amide bonds. The lowest BCUT2D eigenvalue weighted by molar-refractivity contribution is -0.143. The molecule has 2 aromatic heterocycles. The largest absolute Gasteiger partial charge is 0.495 e. The number of anilines is 1. The molecule has 0 atom stereocenters. The third-order valence-electron chi connectivity index (χ3n) is 9.16. The first-order chi connectivity index (χ1) is 25.7. The van der Waals surface area contributed by atoms with Gasteiger partial charge in [0, 0.05) is 18.3 Å². The van der Waals surface area contributed by atoms with E-state index in [1.165, 1.54) is 19.2 Å². The van der Waals surface area contributed by atoms with E-state index in [4.69, 9.17) is 14.2 Å². The average molecular weight is 776 g/mol. The molecule has 3 aromatic carbocycles. The van der Waals surface area contributed by atoms with Crippen molar-refractivity contribution in [3.8, 4) is 22.6 Å². The second-order valence-electron chi connectivity index (χ2n) is 12.8. The zero-order valence-electron chi connectivity index (χ0n) is 31.4. The first kappa shape index (κ1) is 41.9. The summed E-state index contributed by atoms with van der Waals surface area (Å²) in [5.74, 6) is -0.572. The summed E-state index contributed by atoms with van der Waals surface area (Å²) in [6.07, 6.45) is 5.71. The van der Waals surface area contributed by atoms with E-state index in [0.717, 1.165) is 59.7 Å². The van der Waals surface area contributed by atoms with Gasteiger partial charge in [-0.1, -0.05) is 93.4 Å². The smallest absolute Gasteiger partial charge is 0.327 e. The van der Waals surface area contributed by atoms with Gasteiger partial charge in [0.2, 0.25) is 15.8 Å². The summed E-state index contributed by atoms with van der Waals surface area (Å²) in [4.78, 5) is 30.0. The average Bonchev–Trinajstić information content (AvgIpc) is 3.53. The number of ketones is 1. The fourth-order valence-electron chi connectivity index (χ4n) is 6.33. The van der Waals surface area contributed by atoms with Gasteiger partial charge < -0.3 is 23.5 Å². The Morgan fingerprint density at radius 1 is 0.778 bits per heavy atom. The van der Waals surface area contributed by atoms with Gasteiger partial charge in [-0.15, -0.1) is 12.4 Å². The SMILES string of the molecule is CCCCN(CCCC)CCS(=O)(=O)N(CC(=O)OCc1ccccc1)c1ccc(C(=O)c2c(-c3ccccc3)c(OC)c3ccccn23)cc1OC.Cl. The van der Waals surface area contributed by atoms with Crippen LogP contribution in [-0.2, 0) is 26.2 Å². The molecule has 288 valence electrons. The molecule has 0 saturated heterocycles. The number of nitrogens with zero attached hydrogens (tertiary/aromatic N) is 3. The van der Waals surface area contributed by atoms with E-state index in [2.05, 4.69) is 18.7 Å². The molecule has 5 rings (SSSR count). The molecule has 0 aliphatic heterocycles. The monoisotopic (exact) mass is 775 g/mol. The van der Waals surface area contributed by atoms with Crippen LogP contribution >= 0.6 is 12.4 Å². The Morgan fingerprint density at radius 3 is 2.06 bits per heavy atom. The number of esters is 1. The predicted molar refractivity (Wildman–Crippen MR) is 217 cm³/mol. The lowest BCUT2D eigenvalue weighted by Crippen LogP contribution is -2.41. The summed E-state index contributed by atoms with van der Waals surface area (Å²) in [5.41, 5.74) is 3.72. The number of pyridine rings is 1. The van der Waals surface area contributed by atoms with Crippen LogP contribution in [0, 0.1) is 0 Å². The Bertz CT molecular complexity index is 2080. The van der Waals surface area contributed by atoms with Crippen LogP contribution in [-0.4, -0.2) is 75.6 Å². The first-order valence-electron chi connectivity index (χ1n) is 18.1. The van der Waals surface area contributed by atoms with Crippen molar-refractivity contribution in [1.82, 2.24) is 9.30 Å². The minimum absolute atomic E-state index is 0. The van der Waals surface area contributed by atoms with Crippen LogP contribution in [0.25, 0.3) is 16.6 Å². The standard InChI is InChI=1S/C42H49N3O7S.ClH/c1-5-7-24-43(25-8-6-2)27-28-53(48,49)45(30-38(46)52-31-32-17-11-9-12-18-32)35-23-22-34(29-37(35)50-3)41(47)40-39(33-19-13-10-14-20-33)42(51-4)36-21-15-16-26-44(36)40;/h9-23,26,29H,5-8,24-25,27-28,30-31H2,1-4H3;1H. The summed E-state index contributed by atoms with van der Waals surface area (Å²) in [7, 11) is -1.10. The Balaban J connectivity index is 0.00000650. The number of hydrogen-bond donors (Lipinski definition) is 0. The molecule has 0 bridgehead atoms. The van der Waals surface area contributed by atoms with Crippen LogP contribution in [0.4, 0.5) is 5.69 Å². The van der Waals surface area contributed by atoms with Crippen LogP contribution in [0.3, 0.4) is 0 Å². The third kappa shape index (κ3) is 10.0. The Labute approximate surface area is 325 Å². The Kier molecular flexibility index (Phi) is 15.5. The van der Waals surface area contributed by atoms with Gasteiger partial charge in [0.25, 0.3) is 0 Å². The van der Waals surface area contributed by atoms with Crippen molar-refractivity contribution in [3.05, 3.63) is 120 Å². The fraction of sp³-hybridized carbons (Fsp3) is 0.333. The summed E-state index contributed by atoms with van der Waals surface area (Å²) >= 11 is 0. The molecule has 12 heteroatoms. The van der Waals surface area contributed by atoms with Gasteiger partial charge in [0.15, 0.2) is 5.75 Å². The first-order valence-corrected chi connectivity index (χ1v) is 19.7. The van der Waals surface area contributed by atoms with Crippen LogP contribution in [0.1, 0.15) is 61.1 Å². The zero-order valence-corrected chi connectivity index (χ0v) is 33.0. The second-order valence-corrected chi connectivity index (χ2v) is 14.8. The van der Waals surface area contributed by atoms with E-state index in [9.17, 15) is 18.0 Å². The number of carbonyl (C=O) groups excluding carboxylic acids is 2. The van der Waals surface area contributed by atoms with Crippen LogP contribution in [0.2, 0.25) is 0 Å². The number of carbonyl (C=O) groups is 2. The maximum atomic E-state index is 14.5. The minimum atomic E-state index is -4.08. The maximum Gasteiger partial charge on any atom is 0.327 e. The number of sulfonamides is 1. The highest BCUT2D eigenvalue weighted by Crippen LogP contribution is 2.41. The third-order valence-corrected chi connectivity index (χ3v) is 10.9. The quantitative estimate of drug-likeness (QED) is 0.0578. The van der Waals surface area contributed by atoms with Crippen LogP contribution < -0.4 is 13.8 Å². The van der Waals surface area contributed by atoms with Gasteiger partial charge in [-0.05, 0) is 67.4 Å². The highest BCUT2D eigenvalue weighted by molar-refractivity contribution is 7.92. The number of benzene rings is 3. The summed E-state index contributed by atoms with van der Waals surface area (Å²) in [6.45, 7) is 5.53. The molecule has 0 unspecified atom stereocenters. The highest BCUT2D eigenvalue weighted by Gasteiger charge is 2.31. The number of aromatic nitrogens is 1. The number of rotatable bonds is 20. The van der Waals surface area contributed by atoms with Crippen molar-refractivity contribution < 1.29 is 32.2 Å². The molecule has 2 heterocycles. The molecule has 0 radical (unpaired) electrons. The van der Waals surface area contributed by atoms with Gasteiger partial charge in [0.1, 0.15) is 24.6 Å². The maximum absolute atomic E-state index is 14.5. The minimum Gasteiger partial charge on any atom is -0.495 e. The van der Waals surface area contributed by atoms with Crippen molar-refractivity contribution in [1.29, 1.82) is 0 Å². The summed E-state index contributed by atoms with van der Waals surface area (Å²) in [5, 5.41) is 0. The topological polar surface area (TPSA) is 107 Å². The molecule has 0 N–H and O–H groups in total. The van der Waals surface area contributed by atoms with Gasteiger partial charge in [0.05, 0.1) is 36.7 Å². The lowest BCUT2D eigenvalue weighted by atomic mass is 9.99. The van der Waals surface area contributed by atoms with Crippen molar-refractivity contribution in [3.63, 3.8) is 0 Å². The molecule has 0 aliphatic rings. The second kappa shape index (κ2) is 20.0. The van der Waals surface area contributed by atoms with E-state index >= 15 is 0 Å². The number of fused-ring (bicyclic) bond motifs is 1. The molecular formula is C42H50ClN3O7S. The van der Waals surface area contributed by atoms with Crippen molar-refractivity contribution in [2.45, 2.75) is 46.1 Å². The molecular weight excluding hydrogens is 726 g/mol. The molecule has 0 saturated carbocycles. The van der Waals surface area contributed by atoms with E-state index in [-0.39, 0.29) is 47.6 Å². The van der Waals surface area contributed by atoms with Crippen LogP contribution in [0.5, 0.6) is 11.5 Å². The molecule has 0 fully saturated rings. The van der Waals surface area contributed by atoms with Crippen LogP contribution in [0.15, 0.2) is 103 Å². The predicted octanol–water partition coefficient (Wildman–Crippen LogP) is 8.06. The molecule has 10 nitrogen and oxygen atoms in total. The van der Waals surface area contributed by atoms with Crippen molar-refractivity contribution >= 4 is 45.4 Å². The van der Waals surface area contributed by atoms with Gasteiger partial charge in [-0.2, -0.15) is 0 Å². The number of unbranched alkanes of at least 4 members (excludes halogenated alkanes) is 2. The number of ether oxygens (including phenoxy) is 3. The van der Waals surface area contributed by atoms with Gasteiger partial charge >= 0.3 is 5.97 Å². The summed E-state index contributed by atoms with van der Waals surface area (Å²) < 4.78 is 48.5. The molecule has 54 heavy (non-hydrogen) atoms. The molecule has 0 spiro atoms. The summed E-state index contributed by atoms with van der Waals surface area (Å²) in [6, 6.07) is 29.0. The normalized spacial score (nSPS) is 11.3. The van der Waals surface area contributed by atoms with Gasteiger partial charge in [-0.25, -0.2) is 8.42 Å². The lowest BCUT2D eigenvalue weighted by Gasteiger charge is -2.28. The molecule has 5 aromatic rings. The molecule has 0 aliphatic carbocycles. The van der Waals surface area contributed by atoms with Crippen molar-refractivity contribution in [2.24, 2.45) is 0 Å². The van der Waals surface area contributed by atoms with E-state index in [1.54, 1.807) is 17.6 Å². The zero-order chi connectivity index (χ0) is 37.8. The highest BCUT2D eigenvalue weighted by atomic mass is 35.5. The van der Waals surface area contributed by atoms with E-state index < -0.39 is 22.5 Å². The Hall–Kier alpha value is -4.84. The Morgan fingerprint density at radius 2 is 1.43 bits per heavy atom. The van der Waals surface area contributed by atoms with Crippen molar-refractivity contribution in [2.75, 3.05) is 50.5 Å². The number of halogens is 1. The van der Waals surface area contributed by atoms with Gasteiger partial charge in [-0.3, -0.25) is 13.9 Å².